The van der Waals surface area contributed by atoms with E-state index in [2.05, 4.69) is 31.4 Å². The zero-order valence-corrected chi connectivity index (χ0v) is 15.6. The molecule has 2 aliphatic carbocycles. The maximum absolute atomic E-state index is 6.01. The lowest BCUT2D eigenvalue weighted by atomic mass is 9.46. The molecule has 3 unspecified atom stereocenters. The standard InChI is InChI=1S/C19H35N3O2/c1-4-20-18(21-10-13-23-11-6-14(2)3)22-16-15-7-12-24-17(15)19(16)8-5-9-19/h14-17H,4-13H2,1-3H3,(H2,20,21,22). The summed E-state index contributed by atoms with van der Waals surface area (Å²) in [4.78, 5) is 4.72. The summed E-state index contributed by atoms with van der Waals surface area (Å²) in [6.07, 6.45) is 6.79. The Morgan fingerprint density at radius 2 is 2.17 bits per heavy atom. The number of hydrogen-bond donors (Lipinski definition) is 2. The summed E-state index contributed by atoms with van der Waals surface area (Å²) in [5, 5.41) is 7.13. The molecule has 5 nitrogen and oxygen atoms in total. The molecular weight excluding hydrogens is 302 g/mol. The summed E-state index contributed by atoms with van der Waals surface area (Å²) in [5.41, 5.74) is 0.394. The van der Waals surface area contributed by atoms with Crippen LogP contribution in [-0.2, 0) is 9.47 Å². The molecule has 138 valence electrons. The number of rotatable bonds is 8. The first kappa shape index (κ1) is 18.0. The minimum atomic E-state index is 0.394. The first-order valence-electron chi connectivity index (χ1n) is 9.91. The normalized spacial score (nSPS) is 30.8. The molecule has 3 fully saturated rings. The van der Waals surface area contributed by atoms with Crippen molar-refractivity contribution in [3.8, 4) is 0 Å². The molecule has 0 radical (unpaired) electrons. The SMILES string of the molecule is CCNC(=NCCOCCC(C)C)NC1C2CCOC2C12CCC2. The van der Waals surface area contributed by atoms with E-state index in [1.165, 1.54) is 25.7 Å². The van der Waals surface area contributed by atoms with Crippen molar-refractivity contribution in [2.45, 2.75) is 65.0 Å². The van der Waals surface area contributed by atoms with Gasteiger partial charge in [-0.3, -0.25) is 4.99 Å². The highest BCUT2D eigenvalue weighted by Gasteiger charge is 2.66. The van der Waals surface area contributed by atoms with Crippen molar-refractivity contribution in [2.24, 2.45) is 22.2 Å². The zero-order valence-electron chi connectivity index (χ0n) is 15.6. The molecule has 1 spiro atoms. The Bertz CT molecular complexity index is 434. The van der Waals surface area contributed by atoms with Crippen LogP contribution in [0, 0.1) is 17.3 Å². The molecule has 3 rings (SSSR count). The van der Waals surface area contributed by atoms with E-state index < -0.39 is 0 Å². The monoisotopic (exact) mass is 337 g/mol. The van der Waals surface area contributed by atoms with Crippen LogP contribution in [0.1, 0.15) is 52.9 Å². The second kappa shape index (κ2) is 8.05. The quantitative estimate of drug-likeness (QED) is 0.406. The van der Waals surface area contributed by atoms with Crippen molar-refractivity contribution in [2.75, 3.05) is 32.9 Å². The van der Waals surface area contributed by atoms with Gasteiger partial charge in [0.05, 0.1) is 19.3 Å². The third kappa shape index (κ3) is 3.57. The van der Waals surface area contributed by atoms with Gasteiger partial charge in [0.2, 0.25) is 0 Å². The van der Waals surface area contributed by atoms with Crippen LogP contribution in [0.3, 0.4) is 0 Å². The molecule has 24 heavy (non-hydrogen) atoms. The van der Waals surface area contributed by atoms with Crippen LogP contribution < -0.4 is 10.6 Å². The third-order valence-corrected chi connectivity index (χ3v) is 6.02. The van der Waals surface area contributed by atoms with Gasteiger partial charge in [-0.25, -0.2) is 0 Å². The number of guanidine groups is 1. The highest BCUT2D eigenvalue weighted by Crippen LogP contribution is 2.62. The Morgan fingerprint density at radius 1 is 1.33 bits per heavy atom. The van der Waals surface area contributed by atoms with Crippen LogP contribution in [-0.4, -0.2) is 51.0 Å². The molecule has 1 heterocycles. The first-order chi connectivity index (χ1) is 11.7. The van der Waals surface area contributed by atoms with E-state index in [1.807, 2.05) is 0 Å². The van der Waals surface area contributed by atoms with E-state index in [0.29, 0.717) is 36.0 Å². The predicted octanol–water partition coefficient (Wildman–Crippen LogP) is 2.56. The summed E-state index contributed by atoms with van der Waals surface area (Å²) in [7, 11) is 0. The van der Waals surface area contributed by atoms with Crippen LogP contribution in [0.15, 0.2) is 4.99 Å². The molecule has 3 atom stereocenters. The van der Waals surface area contributed by atoms with Gasteiger partial charge in [0.1, 0.15) is 0 Å². The Kier molecular flexibility index (Phi) is 6.03. The summed E-state index contributed by atoms with van der Waals surface area (Å²) >= 11 is 0. The second-order valence-corrected chi connectivity index (χ2v) is 8.01. The van der Waals surface area contributed by atoms with Crippen LogP contribution in [0.5, 0.6) is 0 Å². The minimum Gasteiger partial charge on any atom is -0.380 e. The summed E-state index contributed by atoms with van der Waals surface area (Å²) in [5.74, 6) is 2.33. The van der Waals surface area contributed by atoms with Crippen molar-refractivity contribution in [3.05, 3.63) is 0 Å². The summed E-state index contributed by atoms with van der Waals surface area (Å²) < 4.78 is 11.7. The Morgan fingerprint density at radius 3 is 2.83 bits per heavy atom. The average molecular weight is 338 g/mol. The smallest absolute Gasteiger partial charge is 0.191 e. The van der Waals surface area contributed by atoms with E-state index in [0.717, 1.165) is 38.7 Å². The predicted molar refractivity (Wildman–Crippen MR) is 97.3 cm³/mol. The van der Waals surface area contributed by atoms with Crippen LogP contribution in [0.25, 0.3) is 0 Å². The third-order valence-electron chi connectivity index (χ3n) is 6.02. The maximum atomic E-state index is 6.01. The van der Waals surface area contributed by atoms with Crippen molar-refractivity contribution in [1.82, 2.24) is 10.6 Å². The van der Waals surface area contributed by atoms with Gasteiger partial charge in [-0.05, 0) is 38.5 Å². The Balaban J connectivity index is 1.47. The fraction of sp³-hybridized carbons (Fsp3) is 0.947. The van der Waals surface area contributed by atoms with Crippen molar-refractivity contribution < 1.29 is 9.47 Å². The van der Waals surface area contributed by atoms with Gasteiger partial charge in [-0.1, -0.05) is 20.3 Å². The number of nitrogens with zero attached hydrogens (tertiary/aromatic N) is 1. The number of hydrogen-bond acceptors (Lipinski definition) is 3. The van der Waals surface area contributed by atoms with E-state index >= 15 is 0 Å². The number of fused-ring (bicyclic) bond motifs is 2. The Hall–Kier alpha value is -0.810. The molecular formula is C19H35N3O2. The van der Waals surface area contributed by atoms with E-state index in [4.69, 9.17) is 14.5 Å². The molecule has 1 aliphatic heterocycles. The highest BCUT2D eigenvalue weighted by atomic mass is 16.5. The average Bonchev–Trinajstić information content (AvgIpc) is 2.91. The fourth-order valence-corrected chi connectivity index (χ4v) is 4.57. The lowest BCUT2D eigenvalue weighted by molar-refractivity contribution is -0.171. The van der Waals surface area contributed by atoms with Crippen molar-refractivity contribution >= 4 is 5.96 Å². The lowest BCUT2D eigenvalue weighted by Crippen LogP contribution is -2.72. The molecule has 1 saturated heterocycles. The van der Waals surface area contributed by atoms with Gasteiger partial charge in [-0.2, -0.15) is 0 Å². The minimum absolute atomic E-state index is 0.394. The zero-order chi connectivity index (χ0) is 17.0. The summed E-state index contributed by atoms with van der Waals surface area (Å²) in [6.45, 7) is 10.7. The van der Waals surface area contributed by atoms with Gasteiger partial charge in [-0.15, -0.1) is 0 Å². The highest BCUT2D eigenvalue weighted by molar-refractivity contribution is 5.80. The number of nitrogens with one attached hydrogen (secondary N) is 2. The van der Waals surface area contributed by atoms with E-state index in [1.54, 1.807) is 0 Å². The molecule has 0 bridgehead atoms. The largest absolute Gasteiger partial charge is 0.380 e. The number of ether oxygens (including phenoxy) is 2. The molecule has 3 aliphatic rings. The van der Waals surface area contributed by atoms with Crippen molar-refractivity contribution in [1.29, 1.82) is 0 Å². The maximum Gasteiger partial charge on any atom is 0.191 e. The van der Waals surface area contributed by atoms with Gasteiger partial charge < -0.3 is 20.1 Å². The first-order valence-corrected chi connectivity index (χ1v) is 9.91. The fourth-order valence-electron chi connectivity index (χ4n) is 4.57. The van der Waals surface area contributed by atoms with E-state index in [9.17, 15) is 0 Å². The Labute approximate surface area is 147 Å². The topological polar surface area (TPSA) is 54.9 Å². The molecule has 0 amide bonds. The number of aliphatic imine (C=N–C) groups is 1. The second-order valence-electron chi connectivity index (χ2n) is 8.01. The van der Waals surface area contributed by atoms with Gasteiger partial charge >= 0.3 is 0 Å². The van der Waals surface area contributed by atoms with Crippen molar-refractivity contribution in [3.63, 3.8) is 0 Å². The van der Waals surface area contributed by atoms with E-state index in [-0.39, 0.29) is 0 Å². The van der Waals surface area contributed by atoms with Gasteiger partial charge in [0, 0.05) is 37.1 Å². The summed E-state index contributed by atoms with van der Waals surface area (Å²) in [6, 6.07) is 0.540. The van der Waals surface area contributed by atoms with Crippen LogP contribution >= 0.6 is 0 Å². The van der Waals surface area contributed by atoms with Crippen LogP contribution in [0.2, 0.25) is 0 Å². The van der Waals surface area contributed by atoms with Gasteiger partial charge in [0.15, 0.2) is 5.96 Å². The molecule has 5 heteroatoms. The molecule has 0 aromatic heterocycles. The molecule has 2 saturated carbocycles. The lowest BCUT2D eigenvalue weighted by Gasteiger charge is -2.63. The van der Waals surface area contributed by atoms with Crippen LogP contribution in [0.4, 0.5) is 0 Å². The molecule has 2 N–H and O–H groups in total. The molecule has 0 aromatic rings. The molecule has 0 aromatic carbocycles. The van der Waals surface area contributed by atoms with Gasteiger partial charge in [0.25, 0.3) is 0 Å².